The first-order chi connectivity index (χ1) is 17.3. The second-order valence-electron chi connectivity index (χ2n) is 9.63. The van der Waals surface area contributed by atoms with Crippen LogP contribution in [0.3, 0.4) is 0 Å². The number of ether oxygens (including phenoxy) is 2. The number of rotatable bonds is 15. The third-order valence-corrected chi connectivity index (χ3v) is 7.76. The second kappa shape index (κ2) is 17.2. The van der Waals surface area contributed by atoms with Crippen LogP contribution >= 0.6 is 21.6 Å². The topological polar surface area (TPSA) is 76.7 Å². The molecule has 0 heterocycles. The highest BCUT2D eigenvalue weighted by Crippen LogP contribution is 2.26. The number of carbonyl (C=O) groups excluding carboxylic acids is 2. The maximum atomic E-state index is 12.3. The number of alkyl carbamates (subject to hydrolysis) is 2. The van der Waals surface area contributed by atoms with Gasteiger partial charge in [0.2, 0.25) is 0 Å². The first-order valence-electron chi connectivity index (χ1n) is 12.5. The fourth-order valence-corrected chi connectivity index (χ4v) is 6.12. The van der Waals surface area contributed by atoms with Crippen LogP contribution in [0, 0.1) is 11.8 Å². The third-order valence-electron chi connectivity index (χ3n) is 5.20. The van der Waals surface area contributed by atoms with Crippen LogP contribution in [-0.4, -0.2) is 35.8 Å². The highest BCUT2D eigenvalue weighted by atomic mass is 33.1. The Kier molecular flexibility index (Phi) is 14.3. The van der Waals surface area contributed by atoms with Gasteiger partial charge in [-0.2, -0.15) is 0 Å². The van der Waals surface area contributed by atoms with Gasteiger partial charge < -0.3 is 20.1 Å². The Balaban J connectivity index is 1.75. The molecule has 0 saturated carbocycles. The Bertz CT molecular complexity index is 808. The van der Waals surface area contributed by atoms with Crippen molar-refractivity contribution >= 4 is 33.8 Å². The molecule has 2 amide bonds. The molecular formula is C28H40N2O4S2. The standard InChI is InChI=1S/C28H40N2O4S2/c1-21(2)15-25(29-27(31)33-17-23-11-7-5-8-12-23)19-35-36-20-26(16-22(3)4)30-28(32)34-18-24-13-9-6-10-14-24/h5-14,21-22,25-26H,15-20H2,1-4H3,(H,29,31)(H,30,32)/t25-,26-/m0/s1. The molecule has 8 heteroatoms. The van der Waals surface area contributed by atoms with Gasteiger partial charge in [-0.1, -0.05) is 110 Å². The number of hydrogen-bond donors (Lipinski definition) is 2. The van der Waals surface area contributed by atoms with Gasteiger partial charge in [0.1, 0.15) is 13.2 Å². The first kappa shape index (κ1) is 29.9. The number of amides is 2. The minimum absolute atomic E-state index is 0.0121. The van der Waals surface area contributed by atoms with Crippen LogP contribution in [0.25, 0.3) is 0 Å². The molecule has 2 N–H and O–H groups in total. The summed E-state index contributed by atoms with van der Waals surface area (Å²) in [5, 5.41) is 6.04. The van der Waals surface area contributed by atoms with Gasteiger partial charge in [-0.15, -0.1) is 0 Å². The maximum Gasteiger partial charge on any atom is 0.407 e. The minimum atomic E-state index is -0.393. The van der Waals surface area contributed by atoms with Crippen molar-refractivity contribution in [1.29, 1.82) is 0 Å². The molecule has 0 radical (unpaired) electrons. The van der Waals surface area contributed by atoms with E-state index in [-0.39, 0.29) is 25.3 Å². The highest BCUT2D eigenvalue weighted by Gasteiger charge is 2.18. The number of nitrogens with one attached hydrogen (secondary N) is 2. The van der Waals surface area contributed by atoms with E-state index < -0.39 is 12.2 Å². The summed E-state index contributed by atoms with van der Waals surface area (Å²) in [5.74, 6) is 2.42. The van der Waals surface area contributed by atoms with E-state index in [2.05, 4.69) is 38.3 Å². The summed E-state index contributed by atoms with van der Waals surface area (Å²) < 4.78 is 10.8. The van der Waals surface area contributed by atoms with Crippen LogP contribution in [-0.2, 0) is 22.7 Å². The predicted octanol–water partition coefficient (Wildman–Crippen LogP) is 7.05. The molecule has 0 aliphatic rings. The Hall–Kier alpha value is -2.32. The lowest BCUT2D eigenvalue weighted by molar-refractivity contribution is 0.134. The lowest BCUT2D eigenvalue weighted by atomic mass is 10.1. The van der Waals surface area contributed by atoms with Crippen molar-refractivity contribution in [2.75, 3.05) is 11.5 Å². The monoisotopic (exact) mass is 532 g/mol. The van der Waals surface area contributed by atoms with E-state index in [1.54, 1.807) is 21.6 Å². The van der Waals surface area contributed by atoms with Gasteiger partial charge in [0.25, 0.3) is 0 Å². The predicted molar refractivity (Wildman–Crippen MR) is 151 cm³/mol. The molecular weight excluding hydrogens is 492 g/mol. The summed E-state index contributed by atoms with van der Waals surface area (Å²) >= 11 is 0. The molecule has 0 aliphatic carbocycles. The summed E-state index contributed by atoms with van der Waals surface area (Å²) in [5.41, 5.74) is 1.92. The Labute approximate surface area is 224 Å². The molecule has 0 bridgehead atoms. The van der Waals surface area contributed by atoms with Crippen molar-refractivity contribution in [2.45, 2.75) is 65.8 Å². The molecule has 6 nitrogen and oxygen atoms in total. The third kappa shape index (κ3) is 13.7. The number of benzene rings is 2. The lowest BCUT2D eigenvalue weighted by Crippen LogP contribution is -2.38. The molecule has 0 unspecified atom stereocenters. The largest absolute Gasteiger partial charge is 0.445 e. The zero-order valence-corrected chi connectivity index (χ0v) is 23.4. The molecule has 2 rings (SSSR count). The van der Waals surface area contributed by atoms with Crippen molar-refractivity contribution in [3.8, 4) is 0 Å². The number of hydrogen-bond acceptors (Lipinski definition) is 6. The van der Waals surface area contributed by atoms with Gasteiger partial charge >= 0.3 is 12.2 Å². The first-order valence-corrected chi connectivity index (χ1v) is 15.0. The second-order valence-corrected chi connectivity index (χ2v) is 12.2. The summed E-state index contributed by atoms with van der Waals surface area (Å²) in [6, 6.07) is 19.3. The van der Waals surface area contributed by atoms with Crippen molar-refractivity contribution in [3.63, 3.8) is 0 Å². The van der Waals surface area contributed by atoms with Crippen molar-refractivity contribution in [2.24, 2.45) is 11.8 Å². The van der Waals surface area contributed by atoms with Gasteiger partial charge in [-0.3, -0.25) is 0 Å². The van der Waals surface area contributed by atoms with Crippen molar-refractivity contribution in [1.82, 2.24) is 10.6 Å². The van der Waals surface area contributed by atoms with Crippen LogP contribution in [0.4, 0.5) is 9.59 Å². The molecule has 2 atom stereocenters. The quantitative estimate of drug-likeness (QED) is 0.189. The Morgan fingerprint density at radius 2 is 1.03 bits per heavy atom. The van der Waals surface area contributed by atoms with Gasteiger partial charge in [0, 0.05) is 23.6 Å². The summed E-state index contributed by atoms with van der Waals surface area (Å²) in [7, 11) is 3.41. The van der Waals surface area contributed by atoms with Crippen LogP contribution in [0.1, 0.15) is 51.7 Å². The SMILES string of the molecule is CC(C)C[C@@H](CSSC[C@H](CC(C)C)NC(=O)OCc1ccccc1)NC(=O)OCc1ccccc1. The highest BCUT2D eigenvalue weighted by molar-refractivity contribution is 8.76. The molecule has 0 saturated heterocycles. The molecule has 0 spiro atoms. The van der Waals surface area contributed by atoms with Gasteiger partial charge in [-0.05, 0) is 35.8 Å². The summed E-state index contributed by atoms with van der Waals surface area (Å²) in [6.45, 7) is 9.09. The van der Waals surface area contributed by atoms with E-state index in [0.717, 1.165) is 35.5 Å². The molecule has 2 aromatic carbocycles. The van der Waals surface area contributed by atoms with Crippen LogP contribution in [0.5, 0.6) is 0 Å². The maximum absolute atomic E-state index is 12.3. The Morgan fingerprint density at radius 3 is 1.36 bits per heavy atom. The molecule has 2 aromatic rings. The average molecular weight is 533 g/mol. The van der Waals surface area contributed by atoms with Crippen LogP contribution in [0.2, 0.25) is 0 Å². The molecule has 36 heavy (non-hydrogen) atoms. The van der Waals surface area contributed by atoms with Crippen molar-refractivity contribution in [3.05, 3.63) is 71.8 Å². The Morgan fingerprint density at radius 1 is 0.667 bits per heavy atom. The van der Waals surface area contributed by atoms with Gasteiger partial charge in [0.05, 0.1) is 0 Å². The smallest absolute Gasteiger partial charge is 0.407 e. The average Bonchev–Trinajstić information content (AvgIpc) is 2.84. The molecule has 0 aromatic heterocycles. The lowest BCUT2D eigenvalue weighted by Gasteiger charge is -2.22. The summed E-state index contributed by atoms with van der Waals surface area (Å²) in [6.07, 6.45) is 0.951. The summed E-state index contributed by atoms with van der Waals surface area (Å²) in [4.78, 5) is 24.7. The van der Waals surface area contributed by atoms with E-state index in [1.807, 2.05) is 60.7 Å². The molecule has 0 fully saturated rings. The normalized spacial score (nSPS) is 12.7. The van der Waals surface area contributed by atoms with E-state index in [9.17, 15) is 9.59 Å². The minimum Gasteiger partial charge on any atom is -0.445 e. The molecule has 198 valence electrons. The number of carbonyl (C=O) groups is 2. The van der Waals surface area contributed by atoms with E-state index in [4.69, 9.17) is 9.47 Å². The molecule has 0 aliphatic heterocycles. The van der Waals surface area contributed by atoms with E-state index in [0.29, 0.717) is 11.8 Å². The van der Waals surface area contributed by atoms with Gasteiger partial charge in [-0.25, -0.2) is 9.59 Å². The van der Waals surface area contributed by atoms with Crippen molar-refractivity contribution < 1.29 is 19.1 Å². The fourth-order valence-electron chi connectivity index (χ4n) is 3.60. The van der Waals surface area contributed by atoms with E-state index >= 15 is 0 Å². The van der Waals surface area contributed by atoms with Gasteiger partial charge in [0.15, 0.2) is 0 Å². The zero-order valence-electron chi connectivity index (χ0n) is 21.8. The van der Waals surface area contributed by atoms with Crippen LogP contribution < -0.4 is 10.6 Å². The fraction of sp³-hybridized carbons (Fsp3) is 0.500. The van der Waals surface area contributed by atoms with E-state index in [1.165, 1.54) is 0 Å². The van der Waals surface area contributed by atoms with Crippen LogP contribution in [0.15, 0.2) is 60.7 Å². The zero-order chi connectivity index (χ0) is 26.2.